The SMILES string of the molecule is Cc1ccc(/C=C/C(=O)Nc2ccc3c(c2)S(=O)(=O)N(CCCCCC(=O)NO)C3=O)cc1. The first-order valence-electron chi connectivity index (χ1n) is 10.4. The molecular formula is C23H25N3O6S. The number of carbonyl (C=O) groups is 3. The summed E-state index contributed by atoms with van der Waals surface area (Å²) in [7, 11) is -4.03. The van der Waals surface area contributed by atoms with Crippen LogP contribution in [0.3, 0.4) is 0 Å². The fourth-order valence-corrected chi connectivity index (χ4v) is 5.01. The minimum absolute atomic E-state index is 0.0163. The van der Waals surface area contributed by atoms with Crippen LogP contribution in [0, 0.1) is 6.92 Å². The molecule has 0 saturated heterocycles. The molecule has 1 heterocycles. The van der Waals surface area contributed by atoms with Gasteiger partial charge in [-0.3, -0.25) is 19.6 Å². The van der Waals surface area contributed by atoms with Crippen LogP contribution in [-0.2, 0) is 19.6 Å². The molecular weight excluding hydrogens is 446 g/mol. The molecule has 0 aliphatic carbocycles. The molecule has 1 aliphatic rings. The van der Waals surface area contributed by atoms with Gasteiger partial charge in [0.15, 0.2) is 0 Å². The third-order valence-electron chi connectivity index (χ3n) is 5.17. The van der Waals surface area contributed by atoms with Gasteiger partial charge >= 0.3 is 0 Å². The highest BCUT2D eigenvalue weighted by molar-refractivity contribution is 7.90. The number of anilines is 1. The van der Waals surface area contributed by atoms with Gasteiger partial charge in [0.25, 0.3) is 15.9 Å². The molecule has 0 spiro atoms. The van der Waals surface area contributed by atoms with Crippen LogP contribution in [0.25, 0.3) is 6.08 Å². The molecule has 3 N–H and O–H groups in total. The molecule has 0 bridgehead atoms. The van der Waals surface area contributed by atoms with E-state index in [0.717, 1.165) is 15.4 Å². The van der Waals surface area contributed by atoms with Gasteiger partial charge in [-0.2, -0.15) is 0 Å². The van der Waals surface area contributed by atoms with E-state index in [1.165, 1.54) is 29.8 Å². The highest BCUT2D eigenvalue weighted by Crippen LogP contribution is 2.32. The molecule has 0 aromatic heterocycles. The Morgan fingerprint density at radius 3 is 2.48 bits per heavy atom. The zero-order chi connectivity index (χ0) is 24.0. The third-order valence-corrected chi connectivity index (χ3v) is 6.99. The second kappa shape index (κ2) is 10.4. The van der Waals surface area contributed by atoms with E-state index in [9.17, 15) is 22.8 Å². The second-order valence-electron chi connectivity index (χ2n) is 7.67. The van der Waals surface area contributed by atoms with Crippen LogP contribution in [0.1, 0.15) is 47.2 Å². The minimum atomic E-state index is -4.03. The monoisotopic (exact) mass is 471 g/mol. The highest BCUT2D eigenvalue weighted by Gasteiger charge is 2.40. The first-order chi connectivity index (χ1) is 15.7. The number of nitrogens with zero attached hydrogens (tertiary/aromatic N) is 1. The number of sulfonamides is 1. The molecule has 174 valence electrons. The predicted molar refractivity (Wildman–Crippen MR) is 122 cm³/mol. The summed E-state index contributed by atoms with van der Waals surface area (Å²) >= 11 is 0. The number of hydrogen-bond acceptors (Lipinski definition) is 6. The van der Waals surface area contributed by atoms with Gasteiger partial charge in [0.05, 0.1) is 5.56 Å². The molecule has 2 aromatic rings. The van der Waals surface area contributed by atoms with Crippen molar-refractivity contribution in [1.82, 2.24) is 9.79 Å². The van der Waals surface area contributed by atoms with E-state index in [0.29, 0.717) is 19.3 Å². The van der Waals surface area contributed by atoms with Gasteiger partial charge in [-0.05, 0) is 49.6 Å². The second-order valence-corrected chi connectivity index (χ2v) is 9.50. The van der Waals surface area contributed by atoms with Crippen LogP contribution in [0.15, 0.2) is 53.4 Å². The molecule has 10 heteroatoms. The lowest BCUT2D eigenvalue weighted by molar-refractivity contribution is -0.129. The van der Waals surface area contributed by atoms with Crippen molar-refractivity contribution in [3.8, 4) is 0 Å². The van der Waals surface area contributed by atoms with Crippen LogP contribution in [0.4, 0.5) is 5.69 Å². The van der Waals surface area contributed by atoms with Crippen LogP contribution in [0.2, 0.25) is 0 Å². The van der Waals surface area contributed by atoms with Crippen LogP contribution in [0.5, 0.6) is 0 Å². The zero-order valence-electron chi connectivity index (χ0n) is 18.1. The number of hydrogen-bond donors (Lipinski definition) is 3. The molecule has 0 atom stereocenters. The summed E-state index contributed by atoms with van der Waals surface area (Å²) in [5.74, 6) is -1.56. The molecule has 0 fully saturated rings. The average Bonchev–Trinajstić information content (AvgIpc) is 2.98. The van der Waals surface area contributed by atoms with E-state index in [2.05, 4.69) is 5.32 Å². The Morgan fingerprint density at radius 2 is 1.79 bits per heavy atom. The smallest absolute Gasteiger partial charge is 0.269 e. The molecule has 9 nitrogen and oxygen atoms in total. The Kier molecular flexibility index (Phi) is 7.62. The standard InChI is InChI=1S/C23H25N3O6S/c1-16-6-8-17(9-7-16)10-13-21(27)24-18-11-12-19-20(15-18)33(31,32)26(23(19)29)14-4-2-3-5-22(28)25-30/h6-13,15,30H,2-5,14H2,1H3,(H,24,27)(H,25,28)/b13-10+. The van der Waals surface area contributed by atoms with Crippen molar-refractivity contribution in [3.63, 3.8) is 0 Å². The summed E-state index contributed by atoms with van der Waals surface area (Å²) in [6.45, 7) is 1.95. The summed E-state index contributed by atoms with van der Waals surface area (Å²) in [4.78, 5) is 35.7. The first-order valence-corrected chi connectivity index (χ1v) is 11.9. The van der Waals surface area contributed by atoms with Gasteiger partial charge in [0.1, 0.15) is 4.90 Å². The van der Waals surface area contributed by atoms with Gasteiger partial charge in [0.2, 0.25) is 11.8 Å². The van der Waals surface area contributed by atoms with Crippen LogP contribution < -0.4 is 10.8 Å². The van der Waals surface area contributed by atoms with Crippen molar-refractivity contribution in [2.24, 2.45) is 0 Å². The first kappa shape index (κ1) is 24.1. The maximum absolute atomic E-state index is 12.9. The lowest BCUT2D eigenvalue weighted by Gasteiger charge is -2.14. The lowest BCUT2D eigenvalue weighted by atomic mass is 10.1. The Morgan fingerprint density at radius 1 is 1.06 bits per heavy atom. The normalized spacial score (nSPS) is 14.4. The molecule has 2 aromatic carbocycles. The van der Waals surface area contributed by atoms with E-state index in [1.54, 1.807) is 6.08 Å². The van der Waals surface area contributed by atoms with E-state index in [4.69, 9.17) is 5.21 Å². The Bertz CT molecular complexity index is 1190. The maximum atomic E-state index is 12.9. The summed E-state index contributed by atoms with van der Waals surface area (Å²) in [5.41, 5.74) is 3.81. The fraction of sp³-hybridized carbons (Fsp3) is 0.261. The average molecular weight is 472 g/mol. The molecule has 0 saturated carbocycles. The largest absolute Gasteiger partial charge is 0.322 e. The van der Waals surface area contributed by atoms with Crippen molar-refractivity contribution in [2.75, 3.05) is 11.9 Å². The van der Waals surface area contributed by atoms with E-state index in [1.807, 2.05) is 31.2 Å². The lowest BCUT2D eigenvalue weighted by Crippen LogP contribution is -2.31. The van der Waals surface area contributed by atoms with Gasteiger partial charge in [-0.1, -0.05) is 36.2 Å². The van der Waals surface area contributed by atoms with Crippen LogP contribution >= 0.6 is 0 Å². The predicted octanol–water partition coefficient (Wildman–Crippen LogP) is 2.86. The summed E-state index contributed by atoms with van der Waals surface area (Å²) in [5, 5.41) is 11.1. The molecule has 33 heavy (non-hydrogen) atoms. The van der Waals surface area contributed by atoms with Crippen molar-refractivity contribution in [2.45, 2.75) is 37.5 Å². The van der Waals surface area contributed by atoms with Crippen LogP contribution in [-0.4, -0.2) is 42.2 Å². The summed E-state index contributed by atoms with van der Waals surface area (Å²) < 4.78 is 26.6. The van der Waals surface area contributed by atoms with E-state index in [-0.39, 0.29) is 29.1 Å². The minimum Gasteiger partial charge on any atom is -0.322 e. The highest BCUT2D eigenvalue weighted by atomic mass is 32.2. The summed E-state index contributed by atoms with van der Waals surface area (Å²) in [6.07, 6.45) is 4.45. The molecule has 0 unspecified atom stereocenters. The van der Waals surface area contributed by atoms with Gasteiger partial charge in [-0.15, -0.1) is 0 Å². The number of benzene rings is 2. The number of amides is 3. The van der Waals surface area contributed by atoms with Gasteiger partial charge in [-0.25, -0.2) is 18.2 Å². The maximum Gasteiger partial charge on any atom is 0.269 e. The zero-order valence-corrected chi connectivity index (χ0v) is 18.9. The molecule has 0 radical (unpaired) electrons. The topological polar surface area (TPSA) is 133 Å². The Labute approximate surface area is 192 Å². The fourth-order valence-electron chi connectivity index (χ4n) is 3.38. The molecule has 3 amide bonds. The number of rotatable bonds is 9. The van der Waals surface area contributed by atoms with Gasteiger partial charge < -0.3 is 5.32 Å². The van der Waals surface area contributed by atoms with Crippen molar-refractivity contribution >= 4 is 39.5 Å². The number of hydroxylamine groups is 1. The molecule has 3 rings (SSSR count). The molecule has 1 aliphatic heterocycles. The quantitative estimate of drug-likeness (QED) is 0.223. The van der Waals surface area contributed by atoms with E-state index >= 15 is 0 Å². The van der Waals surface area contributed by atoms with Crippen molar-refractivity contribution in [3.05, 3.63) is 65.2 Å². The third kappa shape index (κ3) is 5.85. The number of carbonyl (C=O) groups excluding carboxylic acids is 3. The summed E-state index contributed by atoms with van der Waals surface area (Å²) in [6, 6.07) is 11.8. The Balaban J connectivity index is 1.63. The van der Waals surface area contributed by atoms with Gasteiger partial charge in [0, 0.05) is 24.7 Å². The number of aryl methyl sites for hydroxylation is 1. The van der Waals surface area contributed by atoms with Crippen molar-refractivity contribution < 1.29 is 28.0 Å². The Hall–Kier alpha value is -3.50. The number of nitrogens with one attached hydrogen (secondary N) is 2. The van der Waals surface area contributed by atoms with Crippen molar-refractivity contribution in [1.29, 1.82) is 0 Å². The number of unbranched alkanes of at least 4 members (excludes halogenated alkanes) is 2. The van der Waals surface area contributed by atoms with E-state index < -0.39 is 27.7 Å². The number of fused-ring (bicyclic) bond motifs is 1.